The van der Waals surface area contributed by atoms with E-state index in [-0.39, 0.29) is 11.8 Å². The van der Waals surface area contributed by atoms with Gasteiger partial charge in [0.15, 0.2) is 12.5 Å². The average molecular weight is 228 g/mol. The third-order valence-electron chi connectivity index (χ3n) is 2.31. The third kappa shape index (κ3) is 2.12. The summed E-state index contributed by atoms with van der Waals surface area (Å²) in [5.41, 5.74) is 0.891. The number of aromatic hydroxyl groups is 1. The standard InChI is InChI=1S/C10H10ClNO3/c11-7-3-6(1-2-9(7)14)8-5-15-10(4-13)12-8/h1-4,8,10,12,14H,5H2. The minimum atomic E-state index is -0.553. The summed E-state index contributed by atoms with van der Waals surface area (Å²) >= 11 is 5.77. The number of halogens is 1. The van der Waals surface area contributed by atoms with E-state index in [1.54, 1.807) is 12.1 Å². The summed E-state index contributed by atoms with van der Waals surface area (Å²) in [5.74, 6) is 0.0475. The molecule has 2 unspecified atom stereocenters. The fourth-order valence-corrected chi connectivity index (χ4v) is 1.69. The number of nitrogens with one attached hydrogen (secondary N) is 1. The highest BCUT2D eigenvalue weighted by Gasteiger charge is 2.25. The molecule has 0 bridgehead atoms. The summed E-state index contributed by atoms with van der Waals surface area (Å²) in [6, 6.07) is 4.87. The lowest BCUT2D eigenvalue weighted by atomic mass is 10.1. The van der Waals surface area contributed by atoms with Crippen LogP contribution in [-0.2, 0) is 9.53 Å². The zero-order chi connectivity index (χ0) is 10.8. The van der Waals surface area contributed by atoms with Crippen LogP contribution in [0.4, 0.5) is 0 Å². The van der Waals surface area contributed by atoms with Crippen molar-refractivity contribution in [3.05, 3.63) is 28.8 Å². The Balaban J connectivity index is 2.17. The van der Waals surface area contributed by atoms with Crippen molar-refractivity contribution in [3.63, 3.8) is 0 Å². The van der Waals surface area contributed by atoms with Crippen LogP contribution in [-0.4, -0.2) is 24.2 Å². The van der Waals surface area contributed by atoms with Crippen LogP contribution in [0.5, 0.6) is 5.75 Å². The molecule has 15 heavy (non-hydrogen) atoms. The van der Waals surface area contributed by atoms with Crippen molar-refractivity contribution in [2.24, 2.45) is 0 Å². The van der Waals surface area contributed by atoms with E-state index < -0.39 is 6.23 Å². The normalized spacial score (nSPS) is 25.4. The van der Waals surface area contributed by atoms with Crippen molar-refractivity contribution in [3.8, 4) is 5.75 Å². The molecule has 2 N–H and O–H groups in total. The largest absolute Gasteiger partial charge is 0.506 e. The molecule has 2 atom stereocenters. The van der Waals surface area contributed by atoms with Crippen LogP contribution < -0.4 is 5.32 Å². The highest BCUT2D eigenvalue weighted by atomic mass is 35.5. The molecule has 2 rings (SSSR count). The summed E-state index contributed by atoms with van der Waals surface area (Å²) < 4.78 is 5.15. The summed E-state index contributed by atoms with van der Waals surface area (Å²) in [7, 11) is 0. The number of benzene rings is 1. The van der Waals surface area contributed by atoms with Crippen molar-refractivity contribution in [1.82, 2.24) is 5.32 Å². The lowest BCUT2D eigenvalue weighted by Crippen LogP contribution is -2.26. The number of ether oxygens (including phenoxy) is 1. The van der Waals surface area contributed by atoms with Gasteiger partial charge in [-0.3, -0.25) is 10.1 Å². The molecule has 5 heteroatoms. The highest BCUT2D eigenvalue weighted by Crippen LogP contribution is 2.28. The predicted molar refractivity (Wildman–Crippen MR) is 54.8 cm³/mol. The molecular formula is C10H10ClNO3. The van der Waals surface area contributed by atoms with Crippen LogP contribution in [0.15, 0.2) is 18.2 Å². The van der Waals surface area contributed by atoms with E-state index in [0.717, 1.165) is 5.56 Å². The molecule has 1 fully saturated rings. The first kappa shape index (κ1) is 10.4. The number of carbonyl (C=O) groups excluding carboxylic acids is 1. The average Bonchev–Trinajstić information content (AvgIpc) is 2.70. The topological polar surface area (TPSA) is 58.6 Å². The van der Waals surface area contributed by atoms with Crippen LogP contribution in [0.25, 0.3) is 0 Å². The maximum Gasteiger partial charge on any atom is 0.165 e. The number of carbonyl (C=O) groups is 1. The Morgan fingerprint density at radius 1 is 1.60 bits per heavy atom. The van der Waals surface area contributed by atoms with E-state index >= 15 is 0 Å². The summed E-state index contributed by atoms with van der Waals surface area (Å²) in [4.78, 5) is 10.5. The van der Waals surface area contributed by atoms with E-state index in [1.807, 2.05) is 0 Å². The molecule has 1 aromatic rings. The smallest absolute Gasteiger partial charge is 0.165 e. The van der Waals surface area contributed by atoms with Crippen LogP contribution in [0, 0.1) is 0 Å². The minimum absolute atomic E-state index is 0.0475. The first-order valence-electron chi connectivity index (χ1n) is 4.52. The Bertz CT molecular complexity index is 383. The number of aldehydes is 1. The molecule has 0 amide bonds. The molecule has 4 nitrogen and oxygen atoms in total. The van der Waals surface area contributed by atoms with E-state index in [0.29, 0.717) is 17.9 Å². The van der Waals surface area contributed by atoms with E-state index in [9.17, 15) is 9.90 Å². The molecule has 0 spiro atoms. The SMILES string of the molecule is O=CC1NC(c2ccc(O)c(Cl)c2)CO1. The van der Waals surface area contributed by atoms with Crippen LogP contribution >= 0.6 is 11.6 Å². The Morgan fingerprint density at radius 2 is 2.40 bits per heavy atom. The summed E-state index contributed by atoms with van der Waals surface area (Å²) in [6.45, 7) is 0.421. The zero-order valence-corrected chi connectivity index (χ0v) is 8.57. The van der Waals surface area contributed by atoms with Gasteiger partial charge in [-0.1, -0.05) is 17.7 Å². The van der Waals surface area contributed by atoms with Gasteiger partial charge in [-0.15, -0.1) is 0 Å². The van der Waals surface area contributed by atoms with Gasteiger partial charge in [-0.2, -0.15) is 0 Å². The van der Waals surface area contributed by atoms with Gasteiger partial charge >= 0.3 is 0 Å². The second kappa shape index (κ2) is 4.18. The Labute approximate surface area is 91.8 Å². The van der Waals surface area contributed by atoms with Crippen molar-refractivity contribution in [2.75, 3.05) is 6.61 Å². The van der Waals surface area contributed by atoms with Gasteiger partial charge in [0.1, 0.15) is 5.75 Å². The second-order valence-corrected chi connectivity index (χ2v) is 3.73. The second-order valence-electron chi connectivity index (χ2n) is 3.32. The molecule has 1 aliphatic rings. The molecule has 1 heterocycles. The first-order valence-corrected chi connectivity index (χ1v) is 4.90. The van der Waals surface area contributed by atoms with Crippen LogP contribution in [0.1, 0.15) is 11.6 Å². The molecule has 80 valence electrons. The number of phenols is 1. The Kier molecular flexibility index (Phi) is 2.90. The minimum Gasteiger partial charge on any atom is -0.506 e. The third-order valence-corrected chi connectivity index (χ3v) is 2.61. The molecule has 0 aromatic heterocycles. The fourth-order valence-electron chi connectivity index (χ4n) is 1.51. The van der Waals surface area contributed by atoms with Gasteiger partial charge in [0.05, 0.1) is 17.7 Å². The molecule has 1 saturated heterocycles. The maximum absolute atomic E-state index is 10.5. The van der Waals surface area contributed by atoms with Crippen molar-refractivity contribution in [2.45, 2.75) is 12.3 Å². The molecule has 0 aliphatic carbocycles. The van der Waals surface area contributed by atoms with Gasteiger partial charge in [-0.25, -0.2) is 0 Å². The van der Waals surface area contributed by atoms with E-state index in [2.05, 4.69) is 5.32 Å². The van der Waals surface area contributed by atoms with Crippen molar-refractivity contribution < 1.29 is 14.6 Å². The van der Waals surface area contributed by atoms with Gasteiger partial charge in [0, 0.05) is 0 Å². The summed E-state index contributed by atoms with van der Waals surface area (Å²) in [6.07, 6.45) is 0.157. The Hall–Kier alpha value is -1.10. The predicted octanol–water partition coefficient (Wildman–Crippen LogP) is 1.23. The Morgan fingerprint density at radius 3 is 3.00 bits per heavy atom. The lowest BCUT2D eigenvalue weighted by Gasteiger charge is -2.10. The molecular weight excluding hydrogens is 218 g/mol. The number of phenolic OH excluding ortho intramolecular Hbond substituents is 1. The lowest BCUT2D eigenvalue weighted by molar-refractivity contribution is -0.116. The number of rotatable bonds is 2. The number of hydrogen-bond acceptors (Lipinski definition) is 4. The maximum atomic E-state index is 10.5. The van der Waals surface area contributed by atoms with Crippen molar-refractivity contribution in [1.29, 1.82) is 0 Å². The molecule has 0 radical (unpaired) electrons. The van der Waals surface area contributed by atoms with Gasteiger partial charge in [0.25, 0.3) is 0 Å². The monoisotopic (exact) mass is 227 g/mol. The molecule has 1 aromatic carbocycles. The van der Waals surface area contributed by atoms with E-state index in [4.69, 9.17) is 16.3 Å². The van der Waals surface area contributed by atoms with Gasteiger partial charge in [0.2, 0.25) is 0 Å². The van der Waals surface area contributed by atoms with Crippen LogP contribution in [0.3, 0.4) is 0 Å². The number of hydrogen-bond donors (Lipinski definition) is 2. The quantitative estimate of drug-likeness (QED) is 0.747. The van der Waals surface area contributed by atoms with Gasteiger partial charge < -0.3 is 9.84 Å². The molecule has 1 aliphatic heterocycles. The highest BCUT2D eigenvalue weighted by molar-refractivity contribution is 6.32. The fraction of sp³-hybridized carbons (Fsp3) is 0.300. The zero-order valence-electron chi connectivity index (χ0n) is 7.81. The van der Waals surface area contributed by atoms with Crippen molar-refractivity contribution >= 4 is 17.9 Å². The summed E-state index contributed by atoms with van der Waals surface area (Å²) in [5, 5.41) is 12.5. The van der Waals surface area contributed by atoms with Gasteiger partial charge in [-0.05, 0) is 17.7 Å². The van der Waals surface area contributed by atoms with Crippen LogP contribution in [0.2, 0.25) is 5.02 Å². The molecule has 0 saturated carbocycles. The van der Waals surface area contributed by atoms with E-state index in [1.165, 1.54) is 6.07 Å². The first-order chi connectivity index (χ1) is 7.20.